The molecule has 1 aliphatic rings. The van der Waals surface area contributed by atoms with Crippen molar-refractivity contribution < 1.29 is 9.53 Å². The van der Waals surface area contributed by atoms with E-state index >= 15 is 0 Å². The van der Waals surface area contributed by atoms with Crippen LogP contribution in [0.1, 0.15) is 30.3 Å². The molecule has 2 aromatic heterocycles. The van der Waals surface area contributed by atoms with E-state index in [0.29, 0.717) is 23.1 Å². The predicted molar refractivity (Wildman–Crippen MR) is 111 cm³/mol. The van der Waals surface area contributed by atoms with Gasteiger partial charge < -0.3 is 15.0 Å². The van der Waals surface area contributed by atoms with Crippen LogP contribution in [0.5, 0.6) is 5.75 Å². The molecule has 1 fully saturated rings. The molecule has 0 aliphatic carbocycles. The van der Waals surface area contributed by atoms with E-state index in [1.165, 1.54) is 12.8 Å². The Balaban J connectivity index is 1.48. The molecule has 0 spiro atoms. The van der Waals surface area contributed by atoms with E-state index in [4.69, 9.17) is 4.74 Å². The first-order chi connectivity index (χ1) is 14.1. The Kier molecular flexibility index (Phi) is 5.41. The second kappa shape index (κ2) is 8.30. The van der Waals surface area contributed by atoms with Crippen molar-refractivity contribution in [2.24, 2.45) is 5.92 Å². The normalized spacial score (nSPS) is 16.5. The Bertz CT molecular complexity index is 985. The Labute approximate surface area is 169 Å². The molecule has 4 rings (SSSR count). The van der Waals surface area contributed by atoms with Crippen molar-refractivity contribution in [2.45, 2.75) is 19.8 Å². The number of benzene rings is 1. The average Bonchev–Trinajstić information content (AvgIpc) is 3.25. The summed E-state index contributed by atoms with van der Waals surface area (Å²) in [5.74, 6) is 2.69. The van der Waals surface area contributed by atoms with Crippen LogP contribution in [0.4, 0.5) is 11.5 Å². The monoisotopic (exact) mass is 392 g/mol. The fourth-order valence-electron chi connectivity index (χ4n) is 3.48. The molecule has 3 heterocycles. The Hall–Kier alpha value is -3.42. The maximum atomic E-state index is 12.5. The van der Waals surface area contributed by atoms with Gasteiger partial charge in [-0.2, -0.15) is 0 Å². The van der Waals surface area contributed by atoms with Gasteiger partial charge in [0.05, 0.1) is 7.11 Å². The van der Waals surface area contributed by atoms with Gasteiger partial charge in [0.15, 0.2) is 0 Å². The number of anilines is 2. The molecule has 1 amide bonds. The molecule has 1 atom stereocenters. The second-order valence-electron chi connectivity index (χ2n) is 7.28. The van der Waals surface area contributed by atoms with E-state index < -0.39 is 0 Å². The van der Waals surface area contributed by atoms with Crippen LogP contribution < -0.4 is 15.0 Å². The van der Waals surface area contributed by atoms with Gasteiger partial charge in [-0.1, -0.05) is 6.92 Å². The number of amides is 1. The molecule has 1 N–H and O–H groups in total. The number of nitrogens with one attached hydrogen (secondary N) is 1. The SMILES string of the molecule is COc1ccc(NC(=O)c2cn(-c3cc(N4CCCC(C)C4)ncn3)cn2)cc1. The summed E-state index contributed by atoms with van der Waals surface area (Å²) in [7, 11) is 1.60. The van der Waals surface area contributed by atoms with Crippen molar-refractivity contribution in [3.63, 3.8) is 0 Å². The molecule has 29 heavy (non-hydrogen) atoms. The third kappa shape index (κ3) is 4.37. The summed E-state index contributed by atoms with van der Waals surface area (Å²) in [5.41, 5.74) is 0.987. The number of piperidine rings is 1. The van der Waals surface area contributed by atoms with Gasteiger partial charge in [0.1, 0.15) is 35.7 Å². The van der Waals surface area contributed by atoms with E-state index in [9.17, 15) is 4.79 Å². The molecule has 8 nitrogen and oxygen atoms in total. The van der Waals surface area contributed by atoms with Gasteiger partial charge in [-0.05, 0) is 43.0 Å². The highest BCUT2D eigenvalue weighted by Gasteiger charge is 2.18. The van der Waals surface area contributed by atoms with Crippen molar-refractivity contribution in [3.8, 4) is 11.6 Å². The summed E-state index contributed by atoms with van der Waals surface area (Å²) in [4.78, 5) is 27.8. The van der Waals surface area contributed by atoms with Crippen LogP contribution in [0.3, 0.4) is 0 Å². The van der Waals surface area contributed by atoms with Crippen LogP contribution in [0.2, 0.25) is 0 Å². The lowest BCUT2D eigenvalue weighted by molar-refractivity contribution is 0.102. The number of carbonyl (C=O) groups excluding carboxylic acids is 1. The third-order valence-corrected chi connectivity index (χ3v) is 5.05. The number of imidazole rings is 1. The third-order valence-electron chi connectivity index (χ3n) is 5.05. The second-order valence-corrected chi connectivity index (χ2v) is 7.28. The molecule has 0 radical (unpaired) electrons. The zero-order valence-electron chi connectivity index (χ0n) is 16.6. The zero-order chi connectivity index (χ0) is 20.2. The van der Waals surface area contributed by atoms with Gasteiger partial charge in [-0.15, -0.1) is 0 Å². The van der Waals surface area contributed by atoms with Gasteiger partial charge >= 0.3 is 0 Å². The smallest absolute Gasteiger partial charge is 0.275 e. The number of nitrogens with zero attached hydrogens (tertiary/aromatic N) is 5. The van der Waals surface area contributed by atoms with Crippen LogP contribution in [-0.2, 0) is 0 Å². The number of carbonyl (C=O) groups is 1. The molecule has 1 saturated heterocycles. The lowest BCUT2D eigenvalue weighted by Gasteiger charge is -2.31. The standard InChI is InChI=1S/C21H24N6O2/c1-15-4-3-9-26(11-15)19-10-20(23-13-22-19)27-12-18(24-14-27)21(28)25-16-5-7-17(29-2)8-6-16/h5-8,10,12-15H,3-4,9,11H2,1-2H3,(H,25,28). The topological polar surface area (TPSA) is 85.2 Å². The Morgan fingerprint density at radius 1 is 1.17 bits per heavy atom. The molecular formula is C21H24N6O2. The first kappa shape index (κ1) is 18.9. The molecular weight excluding hydrogens is 368 g/mol. The lowest BCUT2D eigenvalue weighted by atomic mass is 10.0. The van der Waals surface area contributed by atoms with Crippen molar-refractivity contribution >= 4 is 17.4 Å². The summed E-state index contributed by atoms with van der Waals surface area (Å²) in [5, 5.41) is 2.83. The fraction of sp³-hybridized carbons (Fsp3) is 0.333. The van der Waals surface area contributed by atoms with E-state index in [1.54, 1.807) is 54.8 Å². The summed E-state index contributed by atoms with van der Waals surface area (Å²) in [6, 6.07) is 9.08. The highest BCUT2D eigenvalue weighted by Crippen LogP contribution is 2.22. The van der Waals surface area contributed by atoms with Crippen LogP contribution in [0.25, 0.3) is 5.82 Å². The van der Waals surface area contributed by atoms with E-state index in [2.05, 4.69) is 32.1 Å². The number of rotatable bonds is 5. The van der Waals surface area contributed by atoms with E-state index in [1.807, 2.05) is 6.07 Å². The van der Waals surface area contributed by atoms with Crippen LogP contribution in [-0.4, -0.2) is 45.6 Å². The van der Waals surface area contributed by atoms with Crippen LogP contribution in [0.15, 0.2) is 49.2 Å². The molecule has 150 valence electrons. The largest absolute Gasteiger partial charge is 0.497 e. The molecule has 1 aromatic carbocycles. The van der Waals surface area contributed by atoms with Crippen LogP contribution in [0, 0.1) is 5.92 Å². The average molecular weight is 392 g/mol. The number of hydrogen-bond donors (Lipinski definition) is 1. The minimum absolute atomic E-state index is 0.284. The molecule has 1 aliphatic heterocycles. The maximum absolute atomic E-state index is 12.5. The fourth-order valence-corrected chi connectivity index (χ4v) is 3.48. The molecule has 0 bridgehead atoms. The van der Waals surface area contributed by atoms with Crippen molar-refractivity contribution in [1.29, 1.82) is 0 Å². The highest BCUT2D eigenvalue weighted by molar-refractivity contribution is 6.02. The number of aromatic nitrogens is 4. The number of methoxy groups -OCH3 is 1. The molecule has 8 heteroatoms. The molecule has 3 aromatic rings. The van der Waals surface area contributed by atoms with E-state index in [0.717, 1.165) is 24.7 Å². The maximum Gasteiger partial charge on any atom is 0.275 e. The van der Waals surface area contributed by atoms with Crippen LogP contribution >= 0.6 is 0 Å². The summed E-state index contributed by atoms with van der Waals surface area (Å²) < 4.78 is 6.86. The van der Waals surface area contributed by atoms with E-state index in [-0.39, 0.29) is 5.91 Å². The van der Waals surface area contributed by atoms with Gasteiger partial charge in [0.2, 0.25) is 0 Å². The zero-order valence-corrected chi connectivity index (χ0v) is 16.6. The summed E-state index contributed by atoms with van der Waals surface area (Å²) in [6.07, 6.45) is 7.24. The molecule has 0 saturated carbocycles. The highest BCUT2D eigenvalue weighted by atomic mass is 16.5. The summed E-state index contributed by atoms with van der Waals surface area (Å²) >= 11 is 0. The van der Waals surface area contributed by atoms with Crippen molar-refractivity contribution in [2.75, 3.05) is 30.4 Å². The predicted octanol–water partition coefficient (Wildman–Crippen LogP) is 3.16. The summed E-state index contributed by atoms with van der Waals surface area (Å²) in [6.45, 7) is 4.26. The number of hydrogen-bond acceptors (Lipinski definition) is 6. The van der Waals surface area contributed by atoms with Gasteiger partial charge in [0, 0.05) is 31.0 Å². The van der Waals surface area contributed by atoms with Crippen molar-refractivity contribution in [3.05, 3.63) is 54.9 Å². The number of ether oxygens (including phenoxy) is 1. The first-order valence-corrected chi connectivity index (χ1v) is 9.69. The Morgan fingerprint density at radius 3 is 2.72 bits per heavy atom. The van der Waals surface area contributed by atoms with Gasteiger partial charge in [-0.3, -0.25) is 9.36 Å². The lowest BCUT2D eigenvalue weighted by Crippen LogP contribution is -2.34. The van der Waals surface area contributed by atoms with Gasteiger partial charge in [0.25, 0.3) is 5.91 Å². The quantitative estimate of drug-likeness (QED) is 0.718. The minimum atomic E-state index is -0.284. The van der Waals surface area contributed by atoms with Gasteiger partial charge in [-0.25, -0.2) is 15.0 Å². The van der Waals surface area contributed by atoms with Crippen molar-refractivity contribution in [1.82, 2.24) is 19.5 Å². The molecule has 1 unspecified atom stereocenters. The Morgan fingerprint density at radius 2 is 1.97 bits per heavy atom. The minimum Gasteiger partial charge on any atom is -0.497 e. The first-order valence-electron chi connectivity index (χ1n) is 9.69.